The molecule has 7 aromatic rings. The van der Waals surface area contributed by atoms with Crippen molar-refractivity contribution < 1.29 is 4.42 Å². The molecule has 0 saturated heterocycles. The Labute approximate surface area is 269 Å². The van der Waals surface area contributed by atoms with E-state index in [4.69, 9.17) is 4.42 Å². The monoisotopic (exact) mass is 591 g/mol. The van der Waals surface area contributed by atoms with Gasteiger partial charge in [-0.1, -0.05) is 115 Å². The summed E-state index contributed by atoms with van der Waals surface area (Å²) in [6.45, 7) is 0. The standard InChI is InChI=1S/C44H33NO/c1-2-9-30(10-3-1)34-14-8-15-35(27-34)32-17-21-37(22-18-32)45(38-23-19-31-11-4-5-13-36(31)28-38)39-24-26-43-42(29-39)41-25-20-33-12-6-7-16-40(33)44(41)46-43/h1-17,19-21,23,25,27-29H,18,22,24,26H2. The molecular formula is C44H33NO. The van der Waals surface area contributed by atoms with E-state index in [1.54, 1.807) is 0 Å². The van der Waals surface area contributed by atoms with Crippen LogP contribution in [0.15, 0.2) is 161 Å². The molecule has 2 nitrogen and oxygen atoms in total. The molecule has 9 rings (SSSR count). The van der Waals surface area contributed by atoms with Crippen LogP contribution in [0.3, 0.4) is 0 Å². The molecule has 0 N–H and O–H groups in total. The number of nitrogens with zero attached hydrogens (tertiary/aromatic N) is 1. The van der Waals surface area contributed by atoms with E-state index >= 15 is 0 Å². The number of allylic oxidation sites excluding steroid dienone is 5. The summed E-state index contributed by atoms with van der Waals surface area (Å²) in [5.41, 5.74) is 11.3. The Morgan fingerprint density at radius 1 is 0.478 bits per heavy atom. The number of furan rings is 1. The highest BCUT2D eigenvalue weighted by Crippen LogP contribution is 2.42. The number of benzene rings is 6. The average molecular weight is 592 g/mol. The molecule has 0 spiro atoms. The minimum Gasteiger partial charge on any atom is -0.460 e. The average Bonchev–Trinajstić information content (AvgIpc) is 3.51. The molecule has 0 fully saturated rings. The van der Waals surface area contributed by atoms with Crippen LogP contribution in [-0.2, 0) is 6.42 Å². The first-order valence-electron chi connectivity index (χ1n) is 16.3. The van der Waals surface area contributed by atoms with Gasteiger partial charge in [0.05, 0.1) is 0 Å². The van der Waals surface area contributed by atoms with E-state index in [1.807, 2.05) is 0 Å². The topological polar surface area (TPSA) is 16.4 Å². The highest BCUT2D eigenvalue weighted by molar-refractivity contribution is 6.07. The molecular weight excluding hydrogens is 558 g/mol. The van der Waals surface area contributed by atoms with Crippen LogP contribution >= 0.6 is 0 Å². The maximum Gasteiger partial charge on any atom is 0.142 e. The zero-order chi connectivity index (χ0) is 30.5. The van der Waals surface area contributed by atoms with Gasteiger partial charge in [-0.05, 0) is 94.1 Å². The zero-order valence-corrected chi connectivity index (χ0v) is 25.6. The van der Waals surface area contributed by atoms with Crippen molar-refractivity contribution in [3.8, 4) is 11.1 Å². The van der Waals surface area contributed by atoms with Gasteiger partial charge in [-0.15, -0.1) is 0 Å². The minimum absolute atomic E-state index is 0.884. The van der Waals surface area contributed by atoms with Gasteiger partial charge in [-0.2, -0.15) is 0 Å². The smallest absolute Gasteiger partial charge is 0.142 e. The Bertz CT molecular complexity index is 2370. The molecule has 0 atom stereocenters. The van der Waals surface area contributed by atoms with Crippen LogP contribution in [-0.4, -0.2) is 0 Å². The molecule has 220 valence electrons. The Morgan fingerprint density at radius 2 is 1.22 bits per heavy atom. The van der Waals surface area contributed by atoms with Crippen LogP contribution in [0.5, 0.6) is 0 Å². The first kappa shape index (κ1) is 26.8. The van der Waals surface area contributed by atoms with Crippen molar-refractivity contribution in [2.45, 2.75) is 25.7 Å². The van der Waals surface area contributed by atoms with Gasteiger partial charge < -0.3 is 9.32 Å². The number of hydrogen-bond donors (Lipinski definition) is 0. The third-order valence-corrected chi connectivity index (χ3v) is 9.65. The first-order valence-corrected chi connectivity index (χ1v) is 16.3. The second kappa shape index (κ2) is 11.1. The molecule has 0 aliphatic heterocycles. The van der Waals surface area contributed by atoms with Gasteiger partial charge in [-0.25, -0.2) is 0 Å². The van der Waals surface area contributed by atoms with Gasteiger partial charge in [0.25, 0.3) is 0 Å². The Hall–Kier alpha value is -5.60. The van der Waals surface area contributed by atoms with Gasteiger partial charge in [0.1, 0.15) is 11.3 Å². The SMILES string of the molecule is C1=C(c2cccc(-c3ccccc3)c2)CCC(N(C2=Cc3c(oc4c3ccc3ccccc34)CC2)c2ccc3ccccc3c2)=C1. The normalized spacial score (nSPS) is 14.6. The minimum atomic E-state index is 0.884. The molecule has 1 heterocycles. The second-order valence-electron chi connectivity index (χ2n) is 12.4. The van der Waals surface area contributed by atoms with Crippen LogP contribution in [0.25, 0.3) is 55.3 Å². The van der Waals surface area contributed by atoms with Crippen molar-refractivity contribution in [2.75, 3.05) is 4.90 Å². The summed E-state index contributed by atoms with van der Waals surface area (Å²) in [5.74, 6) is 1.09. The molecule has 0 saturated carbocycles. The fourth-order valence-electron chi connectivity index (χ4n) is 7.31. The summed E-state index contributed by atoms with van der Waals surface area (Å²) in [6, 6.07) is 48.1. The maximum absolute atomic E-state index is 6.56. The van der Waals surface area contributed by atoms with E-state index in [0.717, 1.165) is 37.0 Å². The largest absolute Gasteiger partial charge is 0.460 e. The summed E-state index contributed by atoms with van der Waals surface area (Å²) in [7, 11) is 0. The van der Waals surface area contributed by atoms with Gasteiger partial charge in [0.2, 0.25) is 0 Å². The third kappa shape index (κ3) is 4.66. The highest BCUT2D eigenvalue weighted by Gasteiger charge is 2.26. The first-order chi connectivity index (χ1) is 22.8. The molecule has 46 heavy (non-hydrogen) atoms. The highest BCUT2D eigenvalue weighted by atomic mass is 16.3. The van der Waals surface area contributed by atoms with Crippen LogP contribution in [0.2, 0.25) is 0 Å². The number of rotatable bonds is 5. The molecule has 0 amide bonds. The fourth-order valence-corrected chi connectivity index (χ4v) is 7.31. The maximum atomic E-state index is 6.56. The van der Waals surface area contributed by atoms with Crippen molar-refractivity contribution >= 4 is 49.9 Å². The van der Waals surface area contributed by atoms with Crippen molar-refractivity contribution in [1.82, 2.24) is 0 Å². The summed E-state index contributed by atoms with van der Waals surface area (Å²) in [6.07, 6.45) is 10.8. The van der Waals surface area contributed by atoms with Crippen molar-refractivity contribution in [1.29, 1.82) is 0 Å². The lowest BCUT2D eigenvalue weighted by Crippen LogP contribution is -2.24. The van der Waals surface area contributed by atoms with Crippen LogP contribution < -0.4 is 4.90 Å². The number of aryl methyl sites for hydroxylation is 1. The zero-order valence-electron chi connectivity index (χ0n) is 25.6. The molecule has 2 heteroatoms. The van der Waals surface area contributed by atoms with E-state index in [9.17, 15) is 0 Å². The molecule has 2 aliphatic carbocycles. The van der Waals surface area contributed by atoms with Crippen LogP contribution in [0.4, 0.5) is 5.69 Å². The molecule has 2 aliphatic rings. The lowest BCUT2D eigenvalue weighted by molar-refractivity contribution is 0.544. The molecule has 0 radical (unpaired) electrons. The Kier molecular flexibility index (Phi) is 6.45. The number of hydrogen-bond acceptors (Lipinski definition) is 2. The summed E-state index contributed by atoms with van der Waals surface area (Å²) in [4.78, 5) is 2.52. The summed E-state index contributed by atoms with van der Waals surface area (Å²) >= 11 is 0. The molecule has 0 bridgehead atoms. The van der Waals surface area contributed by atoms with Gasteiger partial charge in [0, 0.05) is 39.8 Å². The summed E-state index contributed by atoms with van der Waals surface area (Å²) < 4.78 is 6.56. The number of anilines is 1. The molecule has 1 aromatic heterocycles. The lowest BCUT2D eigenvalue weighted by Gasteiger charge is -2.33. The predicted octanol–water partition coefficient (Wildman–Crippen LogP) is 12.0. The van der Waals surface area contributed by atoms with Crippen molar-refractivity contribution in [3.05, 3.63) is 174 Å². The predicted molar refractivity (Wildman–Crippen MR) is 194 cm³/mol. The number of fused-ring (bicyclic) bond motifs is 6. The van der Waals surface area contributed by atoms with Gasteiger partial charge in [-0.3, -0.25) is 0 Å². The second-order valence-corrected chi connectivity index (χ2v) is 12.4. The van der Waals surface area contributed by atoms with E-state index < -0.39 is 0 Å². The van der Waals surface area contributed by atoms with Gasteiger partial charge >= 0.3 is 0 Å². The van der Waals surface area contributed by atoms with E-state index in [0.29, 0.717) is 0 Å². The van der Waals surface area contributed by atoms with E-state index in [2.05, 4.69) is 157 Å². The van der Waals surface area contributed by atoms with E-state index in [-0.39, 0.29) is 0 Å². The lowest BCUT2D eigenvalue weighted by atomic mass is 9.92. The van der Waals surface area contributed by atoms with Crippen LogP contribution in [0.1, 0.15) is 36.1 Å². The molecule has 6 aromatic carbocycles. The van der Waals surface area contributed by atoms with Gasteiger partial charge in [0.15, 0.2) is 0 Å². The molecule has 0 unspecified atom stereocenters. The van der Waals surface area contributed by atoms with Crippen molar-refractivity contribution in [2.24, 2.45) is 0 Å². The summed E-state index contributed by atoms with van der Waals surface area (Å²) in [5, 5.41) is 6.11. The quantitative estimate of drug-likeness (QED) is 0.198. The Balaban J connectivity index is 1.14. The van der Waals surface area contributed by atoms with E-state index in [1.165, 1.54) is 71.8 Å². The van der Waals surface area contributed by atoms with Crippen LogP contribution in [0, 0.1) is 0 Å². The van der Waals surface area contributed by atoms with Crippen molar-refractivity contribution in [3.63, 3.8) is 0 Å². The Morgan fingerprint density at radius 3 is 2.09 bits per heavy atom. The fraction of sp³-hybridized carbons (Fsp3) is 0.0909. The third-order valence-electron chi connectivity index (χ3n) is 9.65.